The van der Waals surface area contributed by atoms with E-state index in [0.717, 1.165) is 34.1 Å². The van der Waals surface area contributed by atoms with Gasteiger partial charge in [-0.05, 0) is 56.3 Å². The fraction of sp³-hybridized carbons (Fsp3) is 0.357. The van der Waals surface area contributed by atoms with Crippen LogP contribution in [0.4, 0.5) is 17.1 Å². The monoisotopic (exact) mass is 474 g/mol. The summed E-state index contributed by atoms with van der Waals surface area (Å²) in [5.41, 5.74) is 4.23. The molecule has 35 heavy (non-hydrogen) atoms. The average Bonchev–Trinajstić information content (AvgIpc) is 2.99. The number of ether oxygens (including phenoxy) is 2. The number of amides is 1. The van der Waals surface area contributed by atoms with Gasteiger partial charge in [0.1, 0.15) is 5.75 Å². The van der Waals surface area contributed by atoms with E-state index in [0.29, 0.717) is 25.5 Å². The van der Waals surface area contributed by atoms with Gasteiger partial charge in [-0.1, -0.05) is 12.1 Å². The Morgan fingerprint density at radius 3 is 2.17 bits per heavy atom. The topological polar surface area (TPSA) is 58.1 Å². The molecule has 0 N–H and O–H groups in total. The molecule has 1 fully saturated rings. The summed E-state index contributed by atoms with van der Waals surface area (Å²) in [5, 5.41) is 0. The van der Waals surface area contributed by atoms with E-state index in [2.05, 4.69) is 34.1 Å². The zero-order valence-electron chi connectivity index (χ0n) is 21.4. The lowest BCUT2D eigenvalue weighted by molar-refractivity contribution is -0.125. The second-order valence-electron chi connectivity index (χ2n) is 9.62. The molecule has 2 aromatic carbocycles. The molecule has 1 saturated heterocycles. The number of hydrogen-bond acceptors (Lipinski definition) is 6. The predicted molar refractivity (Wildman–Crippen MR) is 142 cm³/mol. The van der Waals surface area contributed by atoms with Crippen molar-refractivity contribution in [2.24, 2.45) is 5.41 Å². The summed E-state index contributed by atoms with van der Waals surface area (Å²) in [6.07, 6.45) is 0. The molecule has 0 radical (unpaired) electrons. The lowest BCUT2D eigenvalue weighted by Gasteiger charge is -2.31. The SMILES string of the molecule is COc1ccc(N2CCN(c3ccc(OC)nc3-c3ccc(N(C)C)cc3)CC(C)(C)C2=O)cc1. The van der Waals surface area contributed by atoms with Crippen molar-refractivity contribution in [2.75, 3.05) is 62.6 Å². The number of benzene rings is 2. The Hall–Kier alpha value is -3.74. The molecule has 1 amide bonds. The molecule has 0 aliphatic carbocycles. The first-order chi connectivity index (χ1) is 16.7. The number of carbonyl (C=O) groups is 1. The maximum atomic E-state index is 13.6. The van der Waals surface area contributed by atoms with Crippen LogP contribution >= 0.6 is 0 Å². The predicted octanol–water partition coefficient (Wildman–Crippen LogP) is 4.71. The number of rotatable bonds is 6. The zero-order valence-corrected chi connectivity index (χ0v) is 21.4. The fourth-order valence-corrected chi connectivity index (χ4v) is 4.46. The van der Waals surface area contributed by atoms with Crippen molar-refractivity contribution in [3.8, 4) is 22.9 Å². The van der Waals surface area contributed by atoms with Crippen LogP contribution in [0.25, 0.3) is 11.3 Å². The van der Waals surface area contributed by atoms with Gasteiger partial charge in [-0.15, -0.1) is 0 Å². The molecule has 1 aliphatic rings. The molecule has 184 valence electrons. The standard InChI is InChI=1S/C28H34N4O3/c1-28(2)19-31(17-18-32(27(28)33)22-11-13-23(34-5)14-12-22)24-15-16-25(35-6)29-26(24)20-7-9-21(10-8-20)30(3)4/h7-16H,17-19H2,1-6H3. The van der Waals surface area contributed by atoms with E-state index in [4.69, 9.17) is 14.5 Å². The highest BCUT2D eigenvalue weighted by Gasteiger charge is 2.38. The largest absolute Gasteiger partial charge is 0.497 e. The number of methoxy groups -OCH3 is 2. The van der Waals surface area contributed by atoms with Gasteiger partial charge in [-0.2, -0.15) is 0 Å². The quantitative estimate of drug-likeness (QED) is 0.516. The molecule has 7 nitrogen and oxygen atoms in total. The summed E-state index contributed by atoms with van der Waals surface area (Å²) in [6, 6.07) is 19.9. The molecule has 4 rings (SSSR count). The highest BCUT2D eigenvalue weighted by Crippen LogP contribution is 2.36. The molecular formula is C28H34N4O3. The fourth-order valence-electron chi connectivity index (χ4n) is 4.46. The molecule has 1 aromatic heterocycles. The molecule has 0 saturated carbocycles. The summed E-state index contributed by atoms with van der Waals surface area (Å²) in [7, 11) is 7.31. The van der Waals surface area contributed by atoms with Crippen molar-refractivity contribution < 1.29 is 14.3 Å². The minimum absolute atomic E-state index is 0.100. The van der Waals surface area contributed by atoms with Gasteiger partial charge in [0.15, 0.2) is 0 Å². The minimum atomic E-state index is -0.595. The Morgan fingerprint density at radius 1 is 0.886 bits per heavy atom. The third-order valence-corrected chi connectivity index (χ3v) is 6.44. The van der Waals surface area contributed by atoms with E-state index < -0.39 is 5.41 Å². The van der Waals surface area contributed by atoms with Crippen molar-refractivity contribution in [1.82, 2.24) is 4.98 Å². The zero-order chi connectivity index (χ0) is 25.2. The van der Waals surface area contributed by atoms with Crippen molar-refractivity contribution >= 4 is 23.0 Å². The van der Waals surface area contributed by atoms with E-state index in [1.54, 1.807) is 14.2 Å². The summed E-state index contributed by atoms with van der Waals surface area (Å²) in [4.78, 5) is 24.6. The van der Waals surface area contributed by atoms with Gasteiger partial charge in [0.2, 0.25) is 11.8 Å². The van der Waals surface area contributed by atoms with Crippen molar-refractivity contribution in [2.45, 2.75) is 13.8 Å². The first-order valence-electron chi connectivity index (χ1n) is 11.8. The average molecular weight is 475 g/mol. The van der Waals surface area contributed by atoms with Crippen LogP contribution in [0.15, 0.2) is 60.7 Å². The molecule has 0 atom stereocenters. The summed E-state index contributed by atoms with van der Waals surface area (Å²) >= 11 is 0. The van der Waals surface area contributed by atoms with Crippen LogP contribution in [0, 0.1) is 5.41 Å². The Morgan fingerprint density at radius 2 is 1.57 bits per heavy atom. The van der Waals surface area contributed by atoms with Crippen LogP contribution in [0.2, 0.25) is 0 Å². The van der Waals surface area contributed by atoms with Gasteiger partial charge in [-0.25, -0.2) is 4.98 Å². The minimum Gasteiger partial charge on any atom is -0.497 e. The Balaban J connectivity index is 1.71. The molecule has 0 unspecified atom stereocenters. The van der Waals surface area contributed by atoms with Crippen LogP contribution in [-0.2, 0) is 4.79 Å². The molecular weight excluding hydrogens is 440 g/mol. The number of nitrogens with zero attached hydrogens (tertiary/aromatic N) is 4. The van der Waals surface area contributed by atoms with Crippen molar-refractivity contribution in [3.63, 3.8) is 0 Å². The molecule has 2 heterocycles. The number of pyridine rings is 1. The van der Waals surface area contributed by atoms with Crippen LogP contribution in [0.3, 0.4) is 0 Å². The van der Waals surface area contributed by atoms with Gasteiger partial charge >= 0.3 is 0 Å². The van der Waals surface area contributed by atoms with Gasteiger partial charge in [-0.3, -0.25) is 4.79 Å². The first kappa shape index (κ1) is 24.4. The maximum Gasteiger partial charge on any atom is 0.234 e. The van der Waals surface area contributed by atoms with Gasteiger partial charge in [0.25, 0.3) is 0 Å². The summed E-state index contributed by atoms with van der Waals surface area (Å²) in [6.45, 7) is 5.84. The van der Waals surface area contributed by atoms with E-state index in [9.17, 15) is 4.79 Å². The number of anilines is 3. The van der Waals surface area contributed by atoms with Crippen LogP contribution in [0.5, 0.6) is 11.6 Å². The number of aromatic nitrogens is 1. The van der Waals surface area contributed by atoms with Gasteiger partial charge in [0, 0.05) is 56.7 Å². The molecule has 3 aromatic rings. The van der Waals surface area contributed by atoms with Crippen LogP contribution in [-0.4, -0.2) is 58.8 Å². The van der Waals surface area contributed by atoms with Gasteiger partial charge < -0.3 is 24.2 Å². The maximum absolute atomic E-state index is 13.6. The smallest absolute Gasteiger partial charge is 0.234 e. The van der Waals surface area contributed by atoms with Gasteiger partial charge in [0.05, 0.1) is 31.0 Å². The molecule has 0 spiro atoms. The van der Waals surface area contributed by atoms with E-state index in [1.807, 2.05) is 69.2 Å². The molecule has 7 heteroatoms. The first-order valence-corrected chi connectivity index (χ1v) is 11.8. The lowest BCUT2D eigenvalue weighted by atomic mass is 9.91. The van der Waals surface area contributed by atoms with E-state index in [1.165, 1.54) is 0 Å². The number of carbonyl (C=O) groups excluding carboxylic acids is 1. The second-order valence-corrected chi connectivity index (χ2v) is 9.62. The second kappa shape index (κ2) is 9.86. The third-order valence-electron chi connectivity index (χ3n) is 6.44. The van der Waals surface area contributed by atoms with Crippen molar-refractivity contribution in [1.29, 1.82) is 0 Å². The Bertz CT molecular complexity index is 1170. The van der Waals surface area contributed by atoms with E-state index in [-0.39, 0.29) is 5.91 Å². The highest BCUT2D eigenvalue weighted by molar-refractivity contribution is 5.98. The highest BCUT2D eigenvalue weighted by atomic mass is 16.5. The van der Waals surface area contributed by atoms with Crippen LogP contribution < -0.4 is 24.2 Å². The number of hydrogen-bond donors (Lipinski definition) is 0. The Kier molecular flexibility index (Phi) is 6.87. The summed E-state index contributed by atoms with van der Waals surface area (Å²) < 4.78 is 10.7. The van der Waals surface area contributed by atoms with Crippen molar-refractivity contribution in [3.05, 3.63) is 60.7 Å². The summed E-state index contributed by atoms with van der Waals surface area (Å²) in [5.74, 6) is 1.43. The lowest BCUT2D eigenvalue weighted by Crippen LogP contribution is -2.42. The van der Waals surface area contributed by atoms with E-state index >= 15 is 0 Å². The molecule has 1 aliphatic heterocycles. The van der Waals surface area contributed by atoms with Crippen LogP contribution in [0.1, 0.15) is 13.8 Å². The molecule has 0 bridgehead atoms. The normalized spacial score (nSPS) is 15.5. The Labute approximate surface area is 207 Å². The third kappa shape index (κ3) is 5.04.